The Kier molecular flexibility index (Phi) is 5.73. The molecule has 0 aliphatic heterocycles. The van der Waals surface area contributed by atoms with Crippen LogP contribution in [0.25, 0.3) is 22.6 Å². The first-order valence-electron chi connectivity index (χ1n) is 9.26. The van der Waals surface area contributed by atoms with Gasteiger partial charge in [0.15, 0.2) is 28.1 Å². The number of fused-ring (bicyclic) bond motifs is 1. The first-order chi connectivity index (χ1) is 14.5. The third kappa shape index (κ3) is 3.90. The molecule has 0 saturated carbocycles. The van der Waals surface area contributed by atoms with Crippen LogP contribution in [0, 0.1) is 0 Å². The minimum atomic E-state index is -0.398. The van der Waals surface area contributed by atoms with Crippen molar-refractivity contribution in [1.82, 2.24) is 25.0 Å². The van der Waals surface area contributed by atoms with Gasteiger partial charge in [-0.25, -0.2) is 0 Å². The van der Waals surface area contributed by atoms with E-state index in [4.69, 9.17) is 9.15 Å². The van der Waals surface area contributed by atoms with Crippen molar-refractivity contribution in [1.29, 1.82) is 0 Å². The number of aryl methyl sites for hydroxylation is 1. The highest BCUT2D eigenvalue weighted by atomic mass is 32.2. The van der Waals surface area contributed by atoms with Crippen LogP contribution in [-0.2, 0) is 18.3 Å². The van der Waals surface area contributed by atoms with Crippen LogP contribution in [0.4, 0.5) is 5.13 Å². The number of hydrogen-bond acceptors (Lipinski definition) is 9. The van der Waals surface area contributed by atoms with Gasteiger partial charge in [0, 0.05) is 12.4 Å². The molecule has 4 rings (SSSR count). The Labute approximate surface area is 180 Å². The van der Waals surface area contributed by atoms with E-state index in [0.717, 1.165) is 16.8 Å². The summed E-state index contributed by atoms with van der Waals surface area (Å²) in [7, 11) is 3.44. The topological polar surface area (TPSA) is 108 Å². The molecule has 0 bridgehead atoms. The third-order valence-corrected chi connectivity index (χ3v) is 6.55. The zero-order valence-electron chi connectivity index (χ0n) is 16.9. The first-order valence-corrected chi connectivity index (χ1v) is 11.0. The van der Waals surface area contributed by atoms with E-state index in [1.165, 1.54) is 23.1 Å². The number of nitrogens with zero attached hydrogens (tertiary/aromatic N) is 5. The Morgan fingerprint density at radius 1 is 1.33 bits per heavy atom. The van der Waals surface area contributed by atoms with E-state index in [0.29, 0.717) is 33.2 Å². The maximum atomic E-state index is 12.5. The van der Waals surface area contributed by atoms with Crippen molar-refractivity contribution in [3.8, 4) is 17.3 Å². The van der Waals surface area contributed by atoms with E-state index >= 15 is 0 Å². The van der Waals surface area contributed by atoms with Crippen molar-refractivity contribution >= 4 is 45.1 Å². The van der Waals surface area contributed by atoms with E-state index < -0.39 is 5.25 Å². The Hall–Kier alpha value is -2.92. The van der Waals surface area contributed by atoms with Gasteiger partial charge < -0.3 is 13.7 Å². The molecule has 4 aromatic rings. The fourth-order valence-electron chi connectivity index (χ4n) is 2.81. The van der Waals surface area contributed by atoms with E-state index in [-0.39, 0.29) is 5.91 Å². The van der Waals surface area contributed by atoms with E-state index in [2.05, 4.69) is 25.7 Å². The van der Waals surface area contributed by atoms with Gasteiger partial charge in [0.2, 0.25) is 11.0 Å². The molecule has 1 atom stereocenters. The van der Waals surface area contributed by atoms with Gasteiger partial charge in [-0.3, -0.25) is 10.1 Å². The minimum absolute atomic E-state index is 0.170. The summed E-state index contributed by atoms with van der Waals surface area (Å²) in [6.45, 7) is 3.80. The van der Waals surface area contributed by atoms with Gasteiger partial charge in [-0.15, -0.1) is 20.4 Å². The largest absolute Gasteiger partial charge is 0.493 e. The quantitative estimate of drug-likeness (QED) is 0.429. The molecule has 3 aromatic heterocycles. The molecule has 0 aliphatic carbocycles. The van der Waals surface area contributed by atoms with Gasteiger partial charge in [0.1, 0.15) is 5.01 Å². The standard InChI is InChI=1S/C19H20N6O3S2/c1-5-14-21-23-18(30-14)20-17(26)10(2)29-19-24-22-16(25(19)3)13-9-11-7-6-8-12(27-4)15(11)28-13/h6-10H,5H2,1-4H3,(H,20,23,26)/t10-/m0/s1. The van der Waals surface area contributed by atoms with Crippen molar-refractivity contribution in [3.05, 3.63) is 29.3 Å². The summed E-state index contributed by atoms with van der Waals surface area (Å²) in [4.78, 5) is 12.5. The number of thioether (sulfide) groups is 1. The Morgan fingerprint density at radius 2 is 2.17 bits per heavy atom. The lowest BCUT2D eigenvalue weighted by Crippen LogP contribution is -2.22. The number of rotatable bonds is 7. The predicted octanol–water partition coefficient (Wildman–Crippen LogP) is 3.77. The molecule has 0 saturated heterocycles. The predicted molar refractivity (Wildman–Crippen MR) is 116 cm³/mol. The van der Waals surface area contributed by atoms with Crippen LogP contribution >= 0.6 is 23.1 Å². The molecule has 0 fully saturated rings. The van der Waals surface area contributed by atoms with Crippen molar-refractivity contribution in [2.24, 2.45) is 7.05 Å². The Balaban J connectivity index is 1.51. The highest BCUT2D eigenvalue weighted by molar-refractivity contribution is 8.00. The van der Waals surface area contributed by atoms with Gasteiger partial charge in [0.25, 0.3) is 0 Å². The molecular weight excluding hydrogens is 424 g/mol. The van der Waals surface area contributed by atoms with Crippen molar-refractivity contribution in [2.45, 2.75) is 30.7 Å². The van der Waals surface area contributed by atoms with Crippen molar-refractivity contribution in [2.75, 3.05) is 12.4 Å². The Morgan fingerprint density at radius 3 is 2.90 bits per heavy atom. The van der Waals surface area contributed by atoms with Gasteiger partial charge in [-0.05, 0) is 25.5 Å². The lowest BCUT2D eigenvalue weighted by atomic mass is 10.2. The summed E-state index contributed by atoms with van der Waals surface area (Å²) >= 11 is 2.68. The van der Waals surface area contributed by atoms with E-state index in [9.17, 15) is 4.79 Å². The Bertz CT molecular complexity index is 1200. The highest BCUT2D eigenvalue weighted by Crippen LogP contribution is 2.34. The van der Waals surface area contributed by atoms with Crippen molar-refractivity contribution in [3.63, 3.8) is 0 Å². The van der Waals surface area contributed by atoms with Crippen LogP contribution < -0.4 is 10.1 Å². The average Bonchev–Trinajstić information content (AvgIpc) is 3.46. The van der Waals surface area contributed by atoms with Gasteiger partial charge in [-0.1, -0.05) is 42.2 Å². The lowest BCUT2D eigenvalue weighted by molar-refractivity contribution is -0.115. The number of hydrogen-bond donors (Lipinski definition) is 1. The second kappa shape index (κ2) is 8.44. The first kappa shape index (κ1) is 20.4. The second-order valence-electron chi connectivity index (χ2n) is 6.46. The molecule has 1 aromatic carbocycles. The summed E-state index contributed by atoms with van der Waals surface area (Å²) in [5, 5.41) is 21.8. The molecule has 9 nitrogen and oxygen atoms in total. The maximum absolute atomic E-state index is 12.5. The van der Waals surface area contributed by atoms with Crippen LogP contribution in [0.2, 0.25) is 0 Å². The number of carbonyl (C=O) groups is 1. The third-order valence-electron chi connectivity index (χ3n) is 4.43. The zero-order chi connectivity index (χ0) is 21.3. The number of amides is 1. The molecule has 11 heteroatoms. The molecule has 0 aliphatic rings. The van der Waals surface area contributed by atoms with Crippen molar-refractivity contribution < 1.29 is 13.9 Å². The molecule has 30 heavy (non-hydrogen) atoms. The summed E-state index contributed by atoms with van der Waals surface area (Å²) < 4.78 is 13.1. The highest BCUT2D eigenvalue weighted by Gasteiger charge is 2.22. The molecule has 1 N–H and O–H groups in total. The zero-order valence-corrected chi connectivity index (χ0v) is 18.5. The maximum Gasteiger partial charge on any atom is 0.239 e. The summed E-state index contributed by atoms with van der Waals surface area (Å²) in [6.07, 6.45) is 0.785. The van der Waals surface area contributed by atoms with Crippen LogP contribution in [0.5, 0.6) is 5.75 Å². The number of furan rings is 1. The normalized spacial score (nSPS) is 12.3. The molecular formula is C19H20N6O3S2. The number of para-hydroxylation sites is 1. The average molecular weight is 445 g/mol. The molecule has 0 spiro atoms. The molecule has 3 heterocycles. The lowest BCUT2D eigenvalue weighted by Gasteiger charge is -2.09. The fourth-order valence-corrected chi connectivity index (χ4v) is 4.30. The fraction of sp³-hybridized carbons (Fsp3) is 0.316. The number of carbonyl (C=O) groups excluding carboxylic acids is 1. The number of aromatic nitrogens is 5. The summed E-state index contributed by atoms with van der Waals surface area (Å²) in [6, 6.07) is 7.59. The monoisotopic (exact) mass is 444 g/mol. The SMILES string of the molecule is CCc1nnc(NC(=O)[C@H](C)Sc2nnc(-c3cc4cccc(OC)c4o3)n2C)s1. The molecule has 0 unspecified atom stereocenters. The van der Waals surface area contributed by atoms with Crippen LogP contribution in [-0.4, -0.2) is 43.2 Å². The number of anilines is 1. The number of methoxy groups -OCH3 is 1. The molecule has 0 radical (unpaired) electrons. The number of benzene rings is 1. The molecule has 1 amide bonds. The number of nitrogens with one attached hydrogen (secondary N) is 1. The second-order valence-corrected chi connectivity index (χ2v) is 8.83. The summed E-state index contributed by atoms with van der Waals surface area (Å²) in [5.41, 5.74) is 0.656. The summed E-state index contributed by atoms with van der Waals surface area (Å²) in [5.74, 6) is 1.63. The number of ether oxygens (including phenoxy) is 1. The van der Waals surface area contributed by atoms with Gasteiger partial charge in [0.05, 0.1) is 12.4 Å². The molecule has 156 valence electrons. The van der Waals surface area contributed by atoms with E-state index in [1.54, 1.807) is 11.7 Å². The van der Waals surface area contributed by atoms with Gasteiger partial charge in [-0.2, -0.15) is 0 Å². The minimum Gasteiger partial charge on any atom is -0.493 e. The van der Waals surface area contributed by atoms with Gasteiger partial charge >= 0.3 is 0 Å². The smallest absolute Gasteiger partial charge is 0.239 e. The van der Waals surface area contributed by atoms with Crippen LogP contribution in [0.1, 0.15) is 18.9 Å². The van der Waals surface area contributed by atoms with Crippen LogP contribution in [0.15, 0.2) is 33.8 Å². The van der Waals surface area contributed by atoms with Crippen LogP contribution in [0.3, 0.4) is 0 Å². The van der Waals surface area contributed by atoms with E-state index in [1.807, 2.05) is 45.2 Å².